The van der Waals surface area contributed by atoms with Crippen molar-refractivity contribution >= 4 is 40.0 Å². The van der Waals surface area contributed by atoms with Crippen LogP contribution in [0.5, 0.6) is 0 Å². The van der Waals surface area contributed by atoms with E-state index in [-0.39, 0.29) is 0 Å². The average molecular weight is 434 g/mol. The van der Waals surface area contributed by atoms with Gasteiger partial charge in [-0.05, 0) is 31.0 Å². The number of hydrogen-bond donors (Lipinski definition) is 1. The van der Waals surface area contributed by atoms with Crippen LogP contribution in [-0.2, 0) is 17.9 Å². The first-order valence-corrected chi connectivity index (χ1v) is 10.1. The number of fused-ring (bicyclic) bond motifs is 1. The maximum Gasteiger partial charge on any atom is 0.450 e. The summed E-state index contributed by atoms with van der Waals surface area (Å²) in [5.41, 5.74) is 4.67. The molecule has 150 valence electrons. The molecule has 3 aromatic heterocycles. The number of rotatable bonds is 3. The molecular formula is C19H17ClFN5O2S. The van der Waals surface area contributed by atoms with Gasteiger partial charge in [-0.3, -0.25) is 10.3 Å². The van der Waals surface area contributed by atoms with Crippen molar-refractivity contribution in [1.29, 1.82) is 0 Å². The summed E-state index contributed by atoms with van der Waals surface area (Å²) in [6.45, 7) is 5.29. The van der Waals surface area contributed by atoms with Gasteiger partial charge in [-0.15, -0.1) is 0 Å². The molecule has 0 spiro atoms. The average Bonchev–Trinajstić information content (AvgIpc) is 3.10. The molecule has 0 atom stereocenters. The molecule has 3 aromatic rings. The number of carbonyl (C=O) groups excluding carboxylic acids is 1. The number of hydrogen-bond acceptors (Lipinski definition) is 7. The summed E-state index contributed by atoms with van der Waals surface area (Å²) >= 11 is 7.70. The maximum atomic E-state index is 11.9. The molecule has 1 amide bonds. The van der Waals surface area contributed by atoms with E-state index in [1.54, 1.807) is 6.20 Å². The summed E-state index contributed by atoms with van der Waals surface area (Å²) in [6.07, 6.45) is 2.96. The Labute approximate surface area is 175 Å². The number of aryl methyl sites for hydroxylation is 2. The van der Waals surface area contributed by atoms with Crippen molar-refractivity contribution in [2.75, 3.05) is 16.8 Å². The van der Waals surface area contributed by atoms with Crippen LogP contribution < -0.4 is 10.2 Å². The van der Waals surface area contributed by atoms with Gasteiger partial charge >= 0.3 is 6.09 Å². The predicted octanol–water partition coefficient (Wildman–Crippen LogP) is 4.87. The van der Waals surface area contributed by atoms with E-state index in [0.717, 1.165) is 38.8 Å². The summed E-state index contributed by atoms with van der Waals surface area (Å²) < 4.78 is 11.9. The summed E-state index contributed by atoms with van der Waals surface area (Å²) in [7, 11) is 0. The van der Waals surface area contributed by atoms with Gasteiger partial charge in [0.1, 0.15) is 5.82 Å². The fourth-order valence-electron chi connectivity index (χ4n) is 3.33. The van der Waals surface area contributed by atoms with Crippen LogP contribution in [0.3, 0.4) is 0 Å². The number of carbonyl (C=O) groups is 1. The number of anilines is 2. The molecule has 4 heterocycles. The van der Waals surface area contributed by atoms with Crippen molar-refractivity contribution < 1.29 is 14.3 Å². The van der Waals surface area contributed by atoms with Crippen molar-refractivity contribution in [2.45, 2.75) is 26.8 Å². The molecule has 29 heavy (non-hydrogen) atoms. The van der Waals surface area contributed by atoms with Gasteiger partial charge in [-0.1, -0.05) is 29.0 Å². The second kappa shape index (κ2) is 7.92. The number of halogens is 2. The summed E-state index contributed by atoms with van der Waals surface area (Å²) in [6, 6.07) is 4.01. The lowest BCUT2D eigenvalue weighted by atomic mass is 10.1. The second-order valence-corrected chi connectivity index (χ2v) is 8.24. The molecule has 0 radical (unpaired) electrons. The topological polar surface area (TPSA) is 80.2 Å². The van der Waals surface area contributed by atoms with Crippen LogP contribution in [0.25, 0.3) is 11.3 Å². The molecule has 1 N–H and O–H groups in total. The lowest BCUT2D eigenvalue weighted by molar-refractivity contribution is -0.0544. The highest BCUT2D eigenvalue weighted by molar-refractivity contribution is 7.15. The molecule has 0 aliphatic carbocycles. The highest BCUT2D eigenvalue weighted by Gasteiger charge is 2.23. The van der Waals surface area contributed by atoms with Crippen molar-refractivity contribution in [3.8, 4) is 11.3 Å². The van der Waals surface area contributed by atoms with E-state index in [1.165, 1.54) is 11.3 Å². The van der Waals surface area contributed by atoms with Crippen molar-refractivity contribution in [1.82, 2.24) is 15.0 Å². The van der Waals surface area contributed by atoms with E-state index in [4.69, 9.17) is 11.6 Å². The SMILES string of the molecule is Cc1cnc(-c2cc(N3CCc4nc(NC(=O)OF)sc4C3)ncc2Cl)c(C)c1. The highest BCUT2D eigenvalue weighted by atomic mass is 35.5. The van der Waals surface area contributed by atoms with E-state index >= 15 is 0 Å². The Bertz CT molecular complexity index is 1090. The Balaban J connectivity index is 1.61. The molecule has 0 fully saturated rings. The standard InChI is InChI=1S/C19H17ClFN5O2S/c1-10-5-11(2)17(23-7-10)12-6-16(22-8-13(12)20)26-4-3-14-15(9-26)29-18(24-14)25-19(27)28-21/h5-8H,3-4,9H2,1-2H3,(H,24,25,27). The van der Waals surface area contributed by atoms with Crippen LogP contribution in [0.4, 0.5) is 20.3 Å². The van der Waals surface area contributed by atoms with Gasteiger partial charge in [-0.2, -0.15) is 0 Å². The number of pyridine rings is 2. The van der Waals surface area contributed by atoms with E-state index in [2.05, 4.69) is 36.2 Å². The van der Waals surface area contributed by atoms with Crippen LogP contribution in [0.2, 0.25) is 5.02 Å². The van der Waals surface area contributed by atoms with E-state index in [9.17, 15) is 9.32 Å². The fraction of sp³-hybridized carbons (Fsp3) is 0.263. The lowest BCUT2D eigenvalue weighted by Crippen LogP contribution is -2.30. The molecule has 0 bridgehead atoms. The third-order valence-electron chi connectivity index (χ3n) is 4.65. The summed E-state index contributed by atoms with van der Waals surface area (Å²) in [5.74, 6) is 0.780. The Morgan fingerprint density at radius 3 is 2.90 bits per heavy atom. The first-order chi connectivity index (χ1) is 13.9. The monoisotopic (exact) mass is 433 g/mol. The normalized spacial score (nSPS) is 13.2. The molecule has 4 rings (SSSR count). The highest BCUT2D eigenvalue weighted by Crippen LogP contribution is 2.34. The third kappa shape index (κ3) is 4.01. The number of aromatic nitrogens is 3. The van der Waals surface area contributed by atoms with Gasteiger partial charge in [0.25, 0.3) is 0 Å². The third-order valence-corrected chi connectivity index (χ3v) is 5.94. The van der Waals surface area contributed by atoms with Crippen LogP contribution in [0.1, 0.15) is 21.7 Å². The lowest BCUT2D eigenvalue weighted by Gasteiger charge is -2.27. The smallest absolute Gasteiger partial charge is 0.351 e. The zero-order valence-electron chi connectivity index (χ0n) is 15.7. The molecule has 0 unspecified atom stereocenters. The summed E-state index contributed by atoms with van der Waals surface area (Å²) in [5, 5.41) is 3.11. The maximum absolute atomic E-state index is 11.9. The Morgan fingerprint density at radius 1 is 1.31 bits per heavy atom. The van der Waals surface area contributed by atoms with Gasteiger partial charge in [0.15, 0.2) is 5.13 Å². The molecule has 10 heteroatoms. The van der Waals surface area contributed by atoms with Crippen molar-refractivity contribution in [2.24, 2.45) is 0 Å². The zero-order valence-corrected chi connectivity index (χ0v) is 17.3. The molecule has 0 saturated heterocycles. The molecule has 1 aliphatic rings. The van der Waals surface area contributed by atoms with Crippen LogP contribution >= 0.6 is 22.9 Å². The number of amides is 1. The number of nitrogens with one attached hydrogen (secondary N) is 1. The van der Waals surface area contributed by atoms with E-state index in [0.29, 0.717) is 29.7 Å². The minimum atomic E-state index is -1.18. The molecule has 0 saturated carbocycles. The fourth-order valence-corrected chi connectivity index (χ4v) is 4.53. The molecule has 0 aromatic carbocycles. The second-order valence-electron chi connectivity index (χ2n) is 6.75. The van der Waals surface area contributed by atoms with Crippen molar-refractivity contribution in [3.63, 3.8) is 0 Å². The Morgan fingerprint density at radius 2 is 2.14 bits per heavy atom. The molecule has 7 nitrogen and oxygen atoms in total. The van der Waals surface area contributed by atoms with Gasteiger partial charge in [-0.25, -0.2) is 19.7 Å². The zero-order chi connectivity index (χ0) is 20.5. The Hall–Kier alpha value is -2.78. The minimum Gasteiger partial charge on any atom is -0.351 e. The molecule has 1 aliphatic heterocycles. The summed E-state index contributed by atoms with van der Waals surface area (Å²) in [4.78, 5) is 30.6. The van der Waals surface area contributed by atoms with E-state index < -0.39 is 6.09 Å². The predicted molar refractivity (Wildman–Crippen MR) is 110 cm³/mol. The Kier molecular flexibility index (Phi) is 5.33. The molecular weight excluding hydrogens is 417 g/mol. The van der Waals surface area contributed by atoms with Gasteiger partial charge in [0.05, 0.1) is 23.0 Å². The van der Waals surface area contributed by atoms with Crippen LogP contribution in [0.15, 0.2) is 24.5 Å². The van der Waals surface area contributed by atoms with Crippen molar-refractivity contribution in [3.05, 3.63) is 51.2 Å². The number of thiazole rings is 1. The number of nitrogens with zero attached hydrogens (tertiary/aromatic N) is 4. The first kappa shape index (κ1) is 19.5. The van der Waals surface area contributed by atoms with Gasteiger partial charge in [0.2, 0.25) is 0 Å². The van der Waals surface area contributed by atoms with Crippen LogP contribution in [0, 0.1) is 13.8 Å². The van der Waals surface area contributed by atoms with Gasteiger partial charge in [0, 0.05) is 40.3 Å². The van der Waals surface area contributed by atoms with E-state index in [1.807, 2.05) is 26.1 Å². The largest absolute Gasteiger partial charge is 0.450 e. The van der Waals surface area contributed by atoms with Gasteiger partial charge < -0.3 is 4.90 Å². The first-order valence-electron chi connectivity index (χ1n) is 8.87. The quantitative estimate of drug-likeness (QED) is 0.635. The minimum absolute atomic E-state index is 0.309. The van der Waals surface area contributed by atoms with Crippen LogP contribution in [-0.4, -0.2) is 27.6 Å².